The van der Waals surface area contributed by atoms with Gasteiger partial charge in [0.1, 0.15) is 19.8 Å². The van der Waals surface area contributed by atoms with Gasteiger partial charge in [-0.25, -0.2) is 4.57 Å². The number of hydrogen-bond acceptors (Lipinski definition) is 7. The SMILES string of the molecule is CC=CCC=CCC=CCC(=O)OC[C@H](COP(=O)(O)OCC[N+](C)(C)C)OC(=O)CC=CCC=CCCC. The van der Waals surface area contributed by atoms with Crippen molar-refractivity contribution in [3.05, 3.63) is 60.8 Å². The van der Waals surface area contributed by atoms with Gasteiger partial charge in [0.25, 0.3) is 0 Å². The molecule has 0 spiro atoms. The van der Waals surface area contributed by atoms with E-state index in [1.165, 1.54) is 0 Å². The zero-order chi connectivity index (χ0) is 29.4. The fraction of sp³-hybridized carbons (Fsp3) is 0.586. The number of phosphoric acid groups is 1. The second kappa shape index (κ2) is 22.5. The van der Waals surface area contributed by atoms with E-state index in [1.54, 1.807) is 12.2 Å². The van der Waals surface area contributed by atoms with Crippen LogP contribution in [0.15, 0.2) is 60.8 Å². The smallest absolute Gasteiger partial charge is 0.461 e. The zero-order valence-electron chi connectivity index (χ0n) is 24.3. The highest BCUT2D eigenvalue weighted by Crippen LogP contribution is 2.43. The zero-order valence-corrected chi connectivity index (χ0v) is 25.2. The van der Waals surface area contributed by atoms with Crippen LogP contribution < -0.4 is 0 Å². The van der Waals surface area contributed by atoms with Crippen molar-refractivity contribution < 1.29 is 42.1 Å². The minimum absolute atomic E-state index is 0.00500. The highest BCUT2D eigenvalue weighted by atomic mass is 31.2. The number of phosphoric ester groups is 1. The van der Waals surface area contributed by atoms with Crippen LogP contribution in [0.5, 0.6) is 0 Å². The van der Waals surface area contributed by atoms with Gasteiger partial charge in [-0.3, -0.25) is 18.6 Å². The number of ether oxygens (including phenoxy) is 2. The molecule has 1 N–H and O–H groups in total. The molecule has 0 aromatic rings. The van der Waals surface area contributed by atoms with Gasteiger partial charge in [0.05, 0.1) is 40.6 Å². The average molecular weight is 571 g/mol. The molecular weight excluding hydrogens is 521 g/mol. The van der Waals surface area contributed by atoms with Gasteiger partial charge in [0.15, 0.2) is 6.10 Å². The second-order valence-corrected chi connectivity index (χ2v) is 11.2. The Morgan fingerprint density at radius 1 is 0.821 bits per heavy atom. The van der Waals surface area contributed by atoms with Crippen molar-refractivity contribution in [3.8, 4) is 0 Å². The molecule has 0 bridgehead atoms. The van der Waals surface area contributed by atoms with Gasteiger partial charge in [-0.05, 0) is 32.6 Å². The summed E-state index contributed by atoms with van der Waals surface area (Å²) in [5.41, 5.74) is 0. The third-order valence-corrected chi connectivity index (χ3v) is 5.90. The first-order valence-corrected chi connectivity index (χ1v) is 15.0. The number of carbonyl (C=O) groups is 2. The monoisotopic (exact) mass is 570 g/mol. The Balaban J connectivity index is 4.83. The van der Waals surface area contributed by atoms with E-state index in [0.29, 0.717) is 23.9 Å². The lowest BCUT2D eigenvalue weighted by molar-refractivity contribution is -0.870. The van der Waals surface area contributed by atoms with Crippen molar-refractivity contribution >= 4 is 19.8 Å². The van der Waals surface area contributed by atoms with Crippen LogP contribution in [-0.2, 0) is 32.7 Å². The quantitative estimate of drug-likeness (QED) is 0.0749. The van der Waals surface area contributed by atoms with Crippen LogP contribution in [0.4, 0.5) is 0 Å². The van der Waals surface area contributed by atoms with Crippen molar-refractivity contribution in [2.75, 3.05) is 47.5 Å². The van der Waals surface area contributed by atoms with Gasteiger partial charge in [0.2, 0.25) is 0 Å². The Hall–Kier alpha value is -2.29. The maximum Gasteiger partial charge on any atom is 0.472 e. The number of quaternary nitrogens is 1. The lowest BCUT2D eigenvalue weighted by atomic mass is 10.2. The molecule has 39 heavy (non-hydrogen) atoms. The summed E-state index contributed by atoms with van der Waals surface area (Å²) in [6.45, 7) is 3.78. The molecule has 9 nitrogen and oxygen atoms in total. The first kappa shape index (κ1) is 36.7. The molecule has 1 unspecified atom stereocenters. The average Bonchev–Trinajstić information content (AvgIpc) is 2.85. The Bertz CT molecular complexity index is 871. The molecule has 0 aliphatic heterocycles. The van der Waals surface area contributed by atoms with E-state index < -0.39 is 32.5 Å². The number of unbranched alkanes of at least 4 members (excludes halogenated alkanes) is 1. The summed E-state index contributed by atoms with van der Waals surface area (Å²) in [7, 11) is 1.38. The predicted molar refractivity (Wildman–Crippen MR) is 155 cm³/mol. The molecule has 0 aliphatic carbocycles. The number of rotatable bonds is 22. The fourth-order valence-electron chi connectivity index (χ4n) is 2.74. The van der Waals surface area contributed by atoms with Crippen molar-refractivity contribution in [1.82, 2.24) is 0 Å². The molecule has 2 atom stereocenters. The van der Waals surface area contributed by atoms with Gasteiger partial charge in [-0.2, -0.15) is 0 Å². The molecule has 0 radical (unpaired) electrons. The summed E-state index contributed by atoms with van der Waals surface area (Å²) in [5.74, 6) is -1.09. The summed E-state index contributed by atoms with van der Waals surface area (Å²) >= 11 is 0. The van der Waals surface area contributed by atoms with Crippen LogP contribution >= 0.6 is 7.82 Å². The molecule has 0 saturated carbocycles. The first-order valence-electron chi connectivity index (χ1n) is 13.5. The van der Waals surface area contributed by atoms with Gasteiger partial charge in [-0.15, -0.1) is 0 Å². The van der Waals surface area contributed by atoms with Crippen LogP contribution in [-0.4, -0.2) is 74.9 Å². The molecule has 0 aromatic carbocycles. The minimum Gasteiger partial charge on any atom is -0.461 e. The third-order valence-electron chi connectivity index (χ3n) is 4.91. The largest absolute Gasteiger partial charge is 0.472 e. The van der Waals surface area contributed by atoms with Crippen LogP contribution in [0, 0.1) is 0 Å². The van der Waals surface area contributed by atoms with Gasteiger partial charge < -0.3 is 18.9 Å². The molecule has 0 heterocycles. The number of esters is 2. The lowest BCUT2D eigenvalue weighted by Crippen LogP contribution is -2.37. The standard InChI is InChI=1S/C29H48NO8P/c1-6-8-10-12-14-16-17-19-21-28(31)35-25-27(26-37-39(33,34)36-24-23-30(3,4)5)38-29(32)22-20-18-15-13-11-9-7-2/h6,8,11-14,17-20,27H,7,9-10,15-16,21-26H2,1-5H3/p+1/t27-/m1/s1. The number of nitrogens with zero attached hydrogens (tertiary/aromatic N) is 1. The van der Waals surface area contributed by atoms with Crippen LogP contribution in [0.25, 0.3) is 0 Å². The van der Waals surface area contributed by atoms with E-state index in [4.69, 9.17) is 18.5 Å². The highest BCUT2D eigenvalue weighted by Gasteiger charge is 2.26. The maximum absolute atomic E-state index is 12.3. The molecule has 10 heteroatoms. The van der Waals surface area contributed by atoms with E-state index >= 15 is 0 Å². The van der Waals surface area contributed by atoms with E-state index in [2.05, 4.69) is 13.0 Å². The van der Waals surface area contributed by atoms with Gasteiger partial charge in [-0.1, -0.05) is 74.1 Å². The first-order chi connectivity index (χ1) is 18.5. The van der Waals surface area contributed by atoms with E-state index in [0.717, 1.165) is 19.3 Å². The van der Waals surface area contributed by atoms with E-state index in [-0.39, 0.29) is 26.1 Å². The highest BCUT2D eigenvalue weighted by molar-refractivity contribution is 7.47. The van der Waals surface area contributed by atoms with E-state index in [1.807, 2.05) is 70.6 Å². The van der Waals surface area contributed by atoms with Crippen LogP contribution in [0.2, 0.25) is 0 Å². The Morgan fingerprint density at radius 2 is 1.38 bits per heavy atom. The van der Waals surface area contributed by atoms with Gasteiger partial charge >= 0.3 is 19.8 Å². The molecule has 0 fully saturated rings. The molecule has 222 valence electrons. The summed E-state index contributed by atoms with van der Waals surface area (Å²) in [6.07, 6.45) is 22.6. The van der Waals surface area contributed by atoms with Crippen molar-refractivity contribution in [2.45, 2.75) is 64.9 Å². The Morgan fingerprint density at radius 3 is 1.97 bits per heavy atom. The molecule has 0 aromatic heterocycles. The Kier molecular flexibility index (Phi) is 21.2. The molecule has 0 saturated heterocycles. The minimum atomic E-state index is -4.38. The topological polar surface area (TPSA) is 108 Å². The second-order valence-electron chi connectivity index (χ2n) is 9.77. The summed E-state index contributed by atoms with van der Waals surface area (Å²) in [4.78, 5) is 34.4. The fourth-order valence-corrected chi connectivity index (χ4v) is 3.48. The molecular formula is C29H49NO8P+. The van der Waals surface area contributed by atoms with Crippen molar-refractivity contribution in [1.29, 1.82) is 0 Å². The van der Waals surface area contributed by atoms with Crippen LogP contribution in [0.3, 0.4) is 0 Å². The number of hydrogen-bond donors (Lipinski definition) is 1. The van der Waals surface area contributed by atoms with Gasteiger partial charge in [0, 0.05) is 0 Å². The Labute approximate surface area is 235 Å². The van der Waals surface area contributed by atoms with Crippen LogP contribution in [0.1, 0.15) is 58.8 Å². The third kappa shape index (κ3) is 25.7. The maximum atomic E-state index is 12.3. The summed E-state index contributed by atoms with van der Waals surface area (Å²) in [6, 6.07) is 0. The number of allylic oxidation sites excluding steroid dienone is 8. The normalized spacial score (nSPS) is 15.1. The van der Waals surface area contributed by atoms with E-state index in [9.17, 15) is 19.0 Å². The predicted octanol–water partition coefficient (Wildman–Crippen LogP) is 5.83. The number of carbonyl (C=O) groups excluding carboxylic acids is 2. The molecule has 0 amide bonds. The molecule has 0 aliphatic rings. The summed E-state index contributed by atoms with van der Waals surface area (Å²) in [5, 5.41) is 0. The van der Waals surface area contributed by atoms with Crippen molar-refractivity contribution in [2.24, 2.45) is 0 Å². The lowest BCUT2D eigenvalue weighted by Gasteiger charge is -2.24. The van der Waals surface area contributed by atoms with Crippen molar-refractivity contribution in [3.63, 3.8) is 0 Å². The summed E-state index contributed by atoms with van der Waals surface area (Å²) < 4.78 is 33.4. The number of likely N-dealkylation sites (N-methyl/N-ethyl adjacent to an activating group) is 1. The molecule has 0 rings (SSSR count).